The number of rotatable bonds is 7. The summed E-state index contributed by atoms with van der Waals surface area (Å²) in [6, 6.07) is -1.09. The van der Waals surface area contributed by atoms with E-state index in [1.54, 1.807) is 21.1 Å². The standard InChI is InChI=1S/C45H74N2O11/c1-11-33-21-27(4)20-28(5)22-38(54-9)41-39(55-10)24-30(7)45(53,57-41)42(50)43(51)47-19-13-12-14-36(47)44(52)56-40(29(6)23-32-15-17-34(48)18-16-32)31(8)37(49)25-35(33)46-58-26(2)3/h21,23,26,28,30-34,36-41,48-49,53H,11-20,22,24-25H2,1-10H3/b27-21+,29-23+,46-35-/t28-,30+,31+,32-,33+,34-,36-,37-,38-,39-,40+,41+,45+/m0/s1. The van der Waals surface area contributed by atoms with Crippen LogP contribution in [0.4, 0.5) is 0 Å². The van der Waals surface area contributed by atoms with E-state index in [0.29, 0.717) is 50.7 Å². The van der Waals surface area contributed by atoms with Gasteiger partial charge in [-0.2, -0.15) is 0 Å². The molecule has 0 unspecified atom stereocenters. The number of piperidine rings is 1. The van der Waals surface area contributed by atoms with Crippen molar-refractivity contribution in [2.24, 2.45) is 34.7 Å². The number of allylic oxidation sites excluding steroid dienone is 3. The number of aliphatic hydroxyl groups is 3. The fraction of sp³-hybridized carbons (Fsp3) is 0.822. The molecule has 0 aromatic rings. The summed E-state index contributed by atoms with van der Waals surface area (Å²) in [5.74, 6) is -6.60. The highest BCUT2D eigenvalue weighted by atomic mass is 16.7. The van der Waals surface area contributed by atoms with E-state index in [0.717, 1.165) is 24.0 Å². The Bertz CT molecular complexity index is 1470. The SMILES string of the molecule is CC[C@@H]1/C=C(\C)C[C@H](C)C[C@H](OC)[C@H]2O[C@@](O)(C(=O)C(=O)N3CCCC[C@H]3C(=O)O[C@H](/C(C)=C/[C@H]3CC[C@H](O)CC3)[C@H](C)[C@@H](O)C/C1=N/OC(C)C)[C@H](C)C[C@@H]2OC. The summed E-state index contributed by atoms with van der Waals surface area (Å²) in [5.41, 5.74) is 2.56. The topological polar surface area (TPSA) is 174 Å². The molecule has 3 fully saturated rings. The van der Waals surface area contributed by atoms with Gasteiger partial charge in [0.1, 0.15) is 24.4 Å². The van der Waals surface area contributed by atoms with E-state index >= 15 is 0 Å². The fourth-order valence-electron chi connectivity index (χ4n) is 9.41. The molecule has 3 N–H and O–H groups in total. The van der Waals surface area contributed by atoms with Crippen LogP contribution in [0.5, 0.6) is 0 Å². The Hall–Kier alpha value is -2.68. The van der Waals surface area contributed by atoms with Gasteiger partial charge in [-0.1, -0.05) is 50.6 Å². The van der Waals surface area contributed by atoms with E-state index in [-0.39, 0.29) is 55.8 Å². The lowest BCUT2D eigenvalue weighted by Gasteiger charge is -2.47. The van der Waals surface area contributed by atoms with Crippen LogP contribution in [-0.4, -0.2) is 119 Å². The summed E-state index contributed by atoms with van der Waals surface area (Å²) in [6.45, 7) is 15.6. The third kappa shape index (κ3) is 12.0. The van der Waals surface area contributed by atoms with Gasteiger partial charge in [0.15, 0.2) is 0 Å². The summed E-state index contributed by atoms with van der Waals surface area (Å²) in [6.07, 6.45) is 6.66. The molecule has 330 valence electrons. The van der Waals surface area contributed by atoms with Gasteiger partial charge in [0.2, 0.25) is 5.79 Å². The molecule has 2 bridgehead atoms. The maximum atomic E-state index is 14.4. The summed E-state index contributed by atoms with van der Waals surface area (Å²) in [5, 5.41) is 38.9. The Kier molecular flexibility index (Phi) is 18.0. The normalized spacial score (nSPS) is 40.0. The zero-order valence-electron chi connectivity index (χ0n) is 36.9. The van der Waals surface area contributed by atoms with Crippen LogP contribution in [0.2, 0.25) is 0 Å². The number of ether oxygens (including phenoxy) is 4. The van der Waals surface area contributed by atoms with Crippen molar-refractivity contribution in [3.8, 4) is 0 Å². The summed E-state index contributed by atoms with van der Waals surface area (Å²) in [7, 11) is 3.12. The zero-order valence-corrected chi connectivity index (χ0v) is 36.9. The lowest BCUT2D eigenvalue weighted by Crippen LogP contribution is -2.64. The zero-order chi connectivity index (χ0) is 42.9. The summed E-state index contributed by atoms with van der Waals surface area (Å²) >= 11 is 0. The van der Waals surface area contributed by atoms with Crippen molar-refractivity contribution in [3.63, 3.8) is 0 Å². The van der Waals surface area contributed by atoms with Crippen molar-refractivity contribution >= 4 is 23.4 Å². The van der Waals surface area contributed by atoms with Gasteiger partial charge in [-0.3, -0.25) is 9.59 Å². The Morgan fingerprint density at radius 1 is 1.00 bits per heavy atom. The molecule has 13 heteroatoms. The van der Waals surface area contributed by atoms with Crippen LogP contribution in [0.25, 0.3) is 0 Å². The van der Waals surface area contributed by atoms with Crippen molar-refractivity contribution in [1.82, 2.24) is 4.90 Å². The summed E-state index contributed by atoms with van der Waals surface area (Å²) < 4.78 is 24.5. The number of carbonyl (C=O) groups is 3. The predicted octanol–water partition coefficient (Wildman–Crippen LogP) is 6.06. The van der Waals surface area contributed by atoms with Crippen LogP contribution < -0.4 is 0 Å². The monoisotopic (exact) mass is 819 g/mol. The van der Waals surface area contributed by atoms with Crippen LogP contribution >= 0.6 is 0 Å². The van der Waals surface area contributed by atoms with E-state index < -0.39 is 71.8 Å². The van der Waals surface area contributed by atoms with Crippen molar-refractivity contribution in [1.29, 1.82) is 0 Å². The highest BCUT2D eigenvalue weighted by Crippen LogP contribution is 2.39. The van der Waals surface area contributed by atoms with Crippen molar-refractivity contribution in [2.45, 2.75) is 187 Å². The van der Waals surface area contributed by atoms with Gasteiger partial charge in [0.05, 0.1) is 30.1 Å². The molecule has 2 saturated heterocycles. The molecular formula is C45H74N2O11. The molecular weight excluding hydrogens is 744 g/mol. The Morgan fingerprint density at radius 2 is 1.66 bits per heavy atom. The van der Waals surface area contributed by atoms with Gasteiger partial charge in [0, 0.05) is 44.9 Å². The van der Waals surface area contributed by atoms with E-state index in [1.807, 2.05) is 27.7 Å². The first kappa shape index (κ1) is 48.0. The van der Waals surface area contributed by atoms with Crippen molar-refractivity contribution < 1.29 is 53.5 Å². The van der Waals surface area contributed by atoms with Crippen LogP contribution in [0.1, 0.15) is 132 Å². The van der Waals surface area contributed by atoms with Crippen LogP contribution in [0, 0.1) is 29.6 Å². The molecule has 0 spiro atoms. The van der Waals surface area contributed by atoms with Crippen LogP contribution in [0.15, 0.2) is 28.5 Å². The number of aliphatic hydroxyl groups excluding tert-OH is 2. The van der Waals surface area contributed by atoms with Crippen molar-refractivity contribution in [2.75, 3.05) is 20.8 Å². The second kappa shape index (κ2) is 21.7. The number of fused-ring (bicyclic) bond motifs is 3. The first-order valence-corrected chi connectivity index (χ1v) is 21.9. The second-order valence-electron chi connectivity index (χ2n) is 18.1. The van der Waals surface area contributed by atoms with Gasteiger partial charge >= 0.3 is 5.97 Å². The van der Waals surface area contributed by atoms with Gasteiger partial charge < -0.3 is 44.0 Å². The molecule has 4 rings (SSSR count). The largest absolute Gasteiger partial charge is 0.456 e. The fourth-order valence-corrected chi connectivity index (χ4v) is 9.41. The van der Waals surface area contributed by atoms with Gasteiger partial charge in [-0.15, -0.1) is 0 Å². The second-order valence-corrected chi connectivity index (χ2v) is 18.1. The number of carbonyl (C=O) groups excluding carboxylic acids is 3. The smallest absolute Gasteiger partial charge is 0.329 e. The first-order valence-electron chi connectivity index (χ1n) is 21.9. The lowest BCUT2D eigenvalue weighted by molar-refractivity contribution is -0.302. The Balaban J connectivity index is 1.82. The number of hydrogen-bond donors (Lipinski definition) is 3. The first-order chi connectivity index (χ1) is 27.4. The number of amides is 1. The third-order valence-corrected chi connectivity index (χ3v) is 12.9. The van der Waals surface area contributed by atoms with E-state index in [4.69, 9.17) is 23.8 Å². The minimum absolute atomic E-state index is 0.0804. The maximum absolute atomic E-state index is 14.4. The molecule has 4 aliphatic rings. The van der Waals surface area contributed by atoms with Gasteiger partial charge in [-0.25, -0.2) is 4.79 Å². The highest BCUT2D eigenvalue weighted by molar-refractivity contribution is 6.39. The molecule has 0 aromatic carbocycles. The molecule has 1 saturated carbocycles. The maximum Gasteiger partial charge on any atom is 0.329 e. The van der Waals surface area contributed by atoms with Crippen molar-refractivity contribution in [3.05, 3.63) is 23.3 Å². The van der Waals surface area contributed by atoms with Crippen LogP contribution in [0.3, 0.4) is 0 Å². The molecule has 0 radical (unpaired) electrons. The van der Waals surface area contributed by atoms with E-state index in [2.05, 4.69) is 38.1 Å². The third-order valence-electron chi connectivity index (χ3n) is 12.9. The van der Waals surface area contributed by atoms with Gasteiger partial charge in [0.25, 0.3) is 11.7 Å². The molecule has 0 aromatic heterocycles. The number of ketones is 1. The quantitative estimate of drug-likeness (QED) is 0.118. The number of nitrogens with zero attached hydrogens (tertiary/aromatic N) is 2. The van der Waals surface area contributed by atoms with Crippen LogP contribution in [-0.2, 0) is 38.2 Å². The molecule has 1 amide bonds. The van der Waals surface area contributed by atoms with Gasteiger partial charge in [-0.05, 0) is 116 Å². The number of oxime groups is 1. The predicted molar refractivity (Wildman–Crippen MR) is 221 cm³/mol. The molecule has 13 nitrogen and oxygen atoms in total. The average Bonchev–Trinajstić information content (AvgIpc) is 3.19. The number of Topliss-reactive ketones (excluding diaryl/α,β-unsaturated/α-hetero) is 1. The van der Waals surface area contributed by atoms with E-state index in [1.165, 1.54) is 4.90 Å². The molecule has 1 aliphatic carbocycles. The highest BCUT2D eigenvalue weighted by Gasteiger charge is 2.56. The number of hydrogen-bond acceptors (Lipinski definition) is 12. The average molecular weight is 819 g/mol. The number of cyclic esters (lactones) is 1. The number of esters is 1. The minimum Gasteiger partial charge on any atom is -0.456 e. The molecule has 3 heterocycles. The number of methoxy groups -OCH3 is 2. The van der Waals surface area contributed by atoms with E-state index in [9.17, 15) is 29.7 Å². The Labute approximate surface area is 346 Å². The molecule has 58 heavy (non-hydrogen) atoms. The molecule has 11 atom stereocenters. The minimum atomic E-state index is -2.48. The molecule has 3 aliphatic heterocycles. The lowest BCUT2D eigenvalue weighted by atomic mass is 9.82. The Morgan fingerprint density at radius 3 is 2.28 bits per heavy atom. The summed E-state index contributed by atoms with van der Waals surface area (Å²) in [4.78, 5) is 50.0.